The van der Waals surface area contributed by atoms with Crippen LogP contribution in [0.25, 0.3) is 0 Å². The predicted octanol–water partition coefficient (Wildman–Crippen LogP) is 3.08. The molecular formula is C21H30N2O4. The molecule has 1 aromatic rings. The van der Waals surface area contributed by atoms with Crippen LogP contribution in [0.15, 0.2) is 30.3 Å². The van der Waals surface area contributed by atoms with Crippen LogP contribution < -0.4 is 0 Å². The molecule has 0 saturated carbocycles. The highest BCUT2D eigenvalue weighted by atomic mass is 16.6. The Morgan fingerprint density at radius 2 is 1.70 bits per heavy atom. The first-order valence-electron chi connectivity index (χ1n) is 9.84. The molecule has 3 rings (SSSR count). The zero-order valence-electron chi connectivity index (χ0n) is 16.2. The number of ether oxygens (including phenoxy) is 1. The van der Waals surface area contributed by atoms with Crippen LogP contribution in [0.2, 0.25) is 0 Å². The van der Waals surface area contributed by atoms with E-state index in [1.165, 1.54) is 6.42 Å². The summed E-state index contributed by atoms with van der Waals surface area (Å²) >= 11 is 0. The number of carbonyl (C=O) groups is 2. The van der Waals surface area contributed by atoms with Gasteiger partial charge in [-0.1, -0.05) is 44.2 Å². The summed E-state index contributed by atoms with van der Waals surface area (Å²) in [6.45, 7) is 7.38. The van der Waals surface area contributed by atoms with Gasteiger partial charge in [-0.2, -0.15) is 0 Å². The highest BCUT2D eigenvalue weighted by Gasteiger charge is 2.38. The van der Waals surface area contributed by atoms with E-state index in [0.29, 0.717) is 24.8 Å². The van der Waals surface area contributed by atoms with E-state index >= 15 is 0 Å². The molecule has 0 spiro atoms. The SMILES string of the molecule is C[C@@H]1C[C@H](C)CN([C@@H]2C[C@@H](C(=O)O)CN(C(=O)OCc3ccccc3)C2)C1. The van der Waals surface area contributed by atoms with Crippen LogP contribution in [-0.2, 0) is 16.1 Å². The maximum absolute atomic E-state index is 12.6. The number of carboxylic acids is 1. The molecule has 6 heteroatoms. The summed E-state index contributed by atoms with van der Waals surface area (Å²) in [6.07, 6.45) is 1.37. The Kier molecular flexibility index (Phi) is 6.37. The van der Waals surface area contributed by atoms with E-state index in [1.807, 2.05) is 30.3 Å². The third-order valence-corrected chi connectivity index (χ3v) is 5.65. The Labute approximate surface area is 161 Å². The zero-order chi connectivity index (χ0) is 19.4. The van der Waals surface area contributed by atoms with E-state index in [1.54, 1.807) is 4.90 Å². The number of hydrogen-bond acceptors (Lipinski definition) is 4. The van der Waals surface area contributed by atoms with Gasteiger partial charge in [-0.15, -0.1) is 0 Å². The van der Waals surface area contributed by atoms with Gasteiger partial charge in [0.2, 0.25) is 0 Å². The Morgan fingerprint density at radius 3 is 2.33 bits per heavy atom. The molecule has 0 aromatic heterocycles. The molecule has 1 amide bonds. The summed E-state index contributed by atoms with van der Waals surface area (Å²) in [5.74, 6) is -0.186. The molecule has 2 saturated heterocycles. The van der Waals surface area contributed by atoms with Crippen molar-refractivity contribution in [1.82, 2.24) is 9.80 Å². The first kappa shape index (κ1) is 19.7. The summed E-state index contributed by atoms with van der Waals surface area (Å²) < 4.78 is 5.45. The van der Waals surface area contributed by atoms with E-state index in [-0.39, 0.29) is 19.2 Å². The minimum atomic E-state index is -0.835. The lowest BCUT2D eigenvalue weighted by molar-refractivity contribution is -0.144. The average Bonchev–Trinajstić information content (AvgIpc) is 2.65. The van der Waals surface area contributed by atoms with Crippen LogP contribution in [-0.4, -0.2) is 59.2 Å². The smallest absolute Gasteiger partial charge is 0.410 e. The monoisotopic (exact) mass is 374 g/mol. The minimum Gasteiger partial charge on any atom is -0.481 e. The Hall–Kier alpha value is -2.08. The lowest BCUT2D eigenvalue weighted by Crippen LogP contribution is -2.56. The maximum atomic E-state index is 12.6. The highest BCUT2D eigenvalue weighted by Crippen LogP contribution is 2.28. The first-order chi connectivity index (χ1) is 12.9. The van der Waals surface area contributed by atoms with Crippen LogP contribution in [0.5, 0.6) is 0 Å². The number of likely N-dealkylation sites (tertiary alicyclic amines) is 2. The Bertz CT molecular complexity index is 641. The fourth-order valence-electron chi connectivity index (χ4n) is 4.48. The normalized spacial score (nSPS) is 29.3. The van der Waals surface area contributed by atoms with Crippen LogP contribution in [0.3, 0.4) is 0 Å². The quantitative estimate of drug-likeness (QED) is 0.877. The maximum Gasteiger partial charge on any atom is 0.410 e. The second-order valence-electron chi connectivity index (χ2n) is 8.27. The number of piperidine rings is 2. The molecule has 2 heterocycles. The molecule has 148 valence electrons. The number of nitrogens with zero attached hydrogens (tertiary/aromatic N) is 2. The molecule has 1 N–H and O–H groups in total. The molecule has 6 nitrogen and oxygen atoms in total. The number of hydrogen-bond donors (Lipinski definition) is 1. The van der Waals surface area contributed by atoms with Crippen molar-refractivity contribution in [3.8, 4) is 0 Å². The van der Waals surface area contributed by atoms with Crippen LogP contribution >= 0.6 is 0 Å². The summed E-state index contributed by atoms with van der Waals surface area (Å²) in [4.78, 5) is 28.2. The molecule has 4 atom stereocenters. The van der Waals surface area contributed by atoms with Crippen molar-refractivity contribution in [2.45, 2.75) is 39.3 Å². The van der Waals surface area contributed by atoms with Crippen molar-refractivity contribution in [1.29, 1.82) is 0 Å². The number of carboxylic acid groups (broad SMARTS) is 1. The van der Waals surface area contributed by atoms with Crippen molar-refractivity contribution >= 4 is 12.1 Å². The lowest BCUT2D eigenvalue weighted by atomic mass is 9.87. The third-order valence-electron chi connectivity index (χ3n) is 5.65. The van der Waals surface area contributed by atoms with E-state index in [9.17, 15) is 14.7 Å². The largest absolute Gasteiger partial charge is 0.481 e. The van der Waals surface area contributed by atoms with E-state index in [2.05, 4.69) is 18.7 Å². The van der Waals surface area contributed by atoms with Gasteiger partial charge in [0.15, 0.2) is 0 Å². The highest BCUT2D eigenvalue weighted by molar-refractivity contribution is 5.73. The second-order valence-corrected chi connectivity index (χ2v) is 8.27. The van der Waals surface area contributed by atoms with Gasteiger partial charge in [-0.25, -0.2) is 4.79 Å². The van der Waals surface area contributed by atoms with Gasteiger partial charge < -0.3 is 14.7 Å². The van der Waals surface area contributed by atoms with Crippen molar-refractivity contribution in [3.05, 3.63) is 35.9 Å². The van der Waals surface area contributed by atoms with Gasteiger partial charge in [0.05, 0.1) is 5.92 Å². The molecular weight excluding hydrogens is 344 g/mol. The number of carbonyl (C=O) groups excluding carboxylic acids is 1. The Balaban J connectivity index is 1.65. The van der Waals surface area contributed by atoms with Gasteiger partial charge in [0, 0.05) is 32.2 Å². The van der Waals surface area contributed by atoms with Gasteiger partial charge in [0.25, 0.3) is 0 Å². The molecule has 0 unspecified atom stereocenters. The molecule has 27 heavy (non-hydrogen) atoms. The zero-order valence-corrected chi connectivity index (χ0v) is 16.2. The van der Waals surface area contributed by atoms with E-state index < -0.39 is 18.0 Å². The molecule has 2 aliphatic heterocycles. The van der Waals surface area contributed by atoms with Gasteiger partial charge in [0.1, 0.15) is 6.61 Å². The van der Waals surface area contributed by atoms with Gasteiger partial charge in [-0.05, 0) is 30.2 Å². The van der Waals surface area contributed by atoms with Crippen molar-refractivity contribution in [3.63, 3.8) is 0 Å². The van der Waals surface area contributed by atoms with Crippen LogP contribution in [0.4, 0.5) is 4.79 Å². The number of benzene rings is 1. The summed E-state index contributed by atoms with van der Waals surface area (Å²) in [6, 6.07) is 9.61. The average molecular weight is 374 g/mol. The van der Waals surface area contributed by atoms with Crippen molar-refractivity contribution in [2.75, 3.05) is 26.2 Å². The predicted molar refractivity (Wildman–Crippen MR) is 102 cm³/mol. The number of aliphatic carboxylic acids is 1. The van der Waals surface area contributed by atoms with Crippen LogP contribution in [0, 0.1) is 17.8 Å². The number of amides is 1. The molecule has 0 bridgehead atoms. The lowest BCUT2D eigenvalue weighted by Gasteiger charge is -2.45. The molecule has 2 fully saturated rings. The third kappa shape index (κ3) is 5.22. The molecule has 1 aromatic carbocycles. The first-order valence-corrected chi connectivity index (χ1v) is 9.84. The van der Waals surface area contributed by atoms with E-state index in [4.69, 9.17) is 4.74 Å². The van der Waals surface area contributed by atoms with E-state index in [0.717, 1.165) is 18.7 Å². The fourth-order valence-corrected chi connectivity index (χ4v) is 4.48. The topological polar surface area (TPSA) is 70.1 Å². The van der Waals surface area contributed by atoms with Crippen molar-refractivity contribution in [2.24, 2.45) is 17.8 Å². The van der Waals surface area contributed by atoms with Crippen LogP contribution in [0.1, 0.15) is 32.3 Å². The Morgan fingerprint density at radius 1 is 1.04 bits per heavy atom. The summed E-state index contributed by atoms with van der Waals surface area (Å²) in [7, 11) is 0. The van der Waals surface area contributed by atoms with Gasteiger partial charge >= 0.3 is 12.1 Å². The molecule has 2 aliphatic rings. The van der Waals surface area contributed by atoms with Crippen molar-refractivity contribution < 1.29 is 19.4 Å². The minimum absolute atomic E-state index is 0.0781. The second kappa shape index (κ2) is 8.74. The standard InChI is InChI=1S/C21H30N2O4/c1-15-8-16(2)11-22(10-15)19-9-18(20(24)25)12-23(13-19)21(26)27-14-17-6-4-3-5-7-17/h3-7,15-16,18-19H,8-14H2,1-2H3,(H,24,25)/t15-,16+,18-,19-/m1/s1. The summed E-state index contributed by atoms with van der Waals surface area (Å²) in [5.41, 5.74) is 0.924. The molecule has 0 radical (unpaired) electrons. The van der Waals surface area contributed by atoms with Gasteiger partial charge in [-0.3, -0.25) is 9.69 Å². The number of rotatable bonds is 4. The summed E-state index contributed by atoms with van der Waals surface area (Å²) in [5, 5.41) is 9.57. The molecule has 0 aliphatic carbocycles. The fraction of sp³-hybridized carbons (Fsp3) is 0.619.